The van der Waals surface area contributed by atoms with Crippen LogP contribution in [0.25, 0.3) is 11.4 Å². The number of aromatic nitrogens is 2. The van der Waals surface area contributed by atoms with E-state index in [1.165, 1.54) is 29.1 Å². The fourth-order valence-electron chi connectivity index (χ4n) is 1.73. The zero-order valence-corrected chi connectivity index (χ0v) is 13.2. The Hall–Kier alpha value is -2.92. The number of nitrogens with zero attached hydrogens (tertiary/aromatic N) is 2. The van der Waals surface area contributed by atoms with E-state index < -0.39 is 28.1 Å². The van der Waals surface area contributed by atoms with Gasteiger partial charge in [0.05, 0.1) is 11.1 Å². The lowest BCUT2D eigenvalue weighted by Gasteiger charge is -2.12. The molecular weight excluding hydrogens is 364 g/mol. The van der Waals surface area contributed by atoms with E-state index in [9.17, 15) is 23.1 Å². The molecule has 1 aromatic heterocycles. The van der Waals surface area contributed by atoms with E-state index in [1.54, 1.807) is 0 Å². The van der Waals surface area contributed by atoms with E-state index in [1.807, 2.05) is 0 Å². The first-order valence-corrected chi connectivity index (χ1v) is 7.85. The predicted octanol–water partition coefficient (Wildman–Crippen LogP) is 0.787. The first-order chi connectivity index (χ1) is 11.2. The van der Waals surface area contributed by atoms with Gasteiger partial charge >= 0.3 is 22.3 Å². The van der Waals surface area contributed by atoms with Crippen LogP contribution in [0.1, 0.15) is 10.4 Å². The van der Waals surface area contributed by atoms with E-state index in [4.69, 9.17) is 21.5 Å². The monoisotopic (exact) mass is 372 g/mol. The van der Waals surface area contributed by atoms with Gasteiger partial charge < -0.3 is 15.0 Å². The average molecular weight is 373 g/mol. The Kier molecular flexibility index (Phi) is 4.85. The number of rotatable bonds is 5. The maximum Gasteiger partial charge on any atom is 0.411 e. The lowest BCUT2D eigenvalue weighted by atomic mass is 10.1. The molecule has 0 aliphatic rings. The summed E-state index contributed by atoms with van der Waals surface area (Å²) in [6, 6.07) is 3.58. The Balaban J connectivity index is 2.63. The van der Waals surface area contributed by atoms with Crippen molar-refractivity contribution in [1.29, 1.82) is 0 Å². The number of nitrogens with one attached hydrogen (secondary N) is 1. The number of carbonyl (C=O) groups excluding carboxylic acids is 1. The van der Waals surface area contributed by atoms with E-state index >= 15 is 0 Å². The summed E-state index contributed by atoms with van der Waals surface area (Å²) in [5, 5.41) is 9.29. The topological polar surface area (TPSA) is 162 Å². The summed E-state index contributed by atoms with van der Waals surface area (Å²) in [5.41, 5.74) is 4.17. The summed E-state index contributed by atoms with van der Waals surface area (Å²) >= 11 is 5.75. The van der Waals surface area contributed by atoms with Gasteiger partial charge in [-0.05, 0) is 18.2 Å². The first kappa shape index (κ1) is 17.4. The van der Waals surface area contributed by atoms with Gasteiger partial charge in [0.2, 0.25) is 0 Å². The molecule has 1 aromatic carbocycles. The molecule has 0 fully saturated rings. The standard InChI is InChI=1S/C12H9ClN4O6S/c13-8-4-5-15-10(16-8)9-6(11(18)19)2-1-3-7(9)23-24(21,22)17-12(14)20/h1-5H,(H,18,19)(H3,14,17,20). The highest BCUT2D eigenvalue weighted by Crippen LogP contribution is 2.32. The molecule has 0 aliphatic heterocycles. The summed E-state index contributed by atoms with van der Waals surface area (Å²) in [4.78, 5) is 29.8. The number of hydrogen-bond donors (Lipinski definition) is 3. The Labute approximate surface area is 140 Å². The van der Waals surface area contributed by atoms with Crippen molar-refractivity contribution in [2.24, 2.45) is 5.73 Å². The van der Waals surface area contributed by atoms with Crippen molar-refractivity contribution in [1.82, 2.24) is 14.7 Å². The molecule has 0 unspecified atom stereocenters. The third-order valence-corrected chi connectivity index (χ3v) is 3.59. The maximum absolute atomic E-state index is 11.7. The highest BCUT2D eigenvalue weighted by atomic mass is 35.5. The Morgan fingerprint density at radius 2 is 2.00 bits per heavy atom. The number of halogens is 1. The third kappa shape index (κ3) is 4.08. The van der Waals surface area contributed by atoms with Crippen molar-refractivity contribution < 1.29 is 27.3 Å². The van der Waals surface area contributed by atoms with Crippen LogP contribution in [0.4, 0.5) is 4.79 Å². The van der Waals surface area contributed by atoms with Crippen LogP contribution in [0, 0.1) is 0 Å². The van der Waals surface area contributed by atoms with E-state index in [0.29, 0.717) is 0 Å². The number of aromatic carboxylic acids is 1. The number of amides is 2. The number of primary amides is 1. The van der Waals surface area contributed by atoms with Crippen LogP contribution in [-0.2, 0) is 10.3 Å². The minimum atomic E-state index is -4.62. The molecule has 0 saturated heterocycles. The SMILES string of the molecule is NC(=O)NS(=O)(=O)Oc1cccc(C(=O)O)c1-c1nccc(Cl)n1. The Morgan fingerprint density at radius 3 is 2.58 bits per heavy atom. The molecule has 0 spiro atoms. The smallest absolute Gasteiger partial charge is 0.411 e. The number of carboxylic acids is 1. The molecule has 0 saturated carbocycles. The molecule has 0 radical (unpaired) electrons. The molecule has 2 amide bonds. The first-order valence-electron chi connectivity index (χ1n) is 6.06. The number of hydrogen-bond acceptors (Lipinski definition) is 7. The van der Waals surface area contributed by atoms with Gasteiger partial charge in [0, 0.05) is 6.20 Å². The summed E-state index contributed by atoms with van der Waals surface area (Å²) in [5.74, 6) is -1.98. The van der Waals surface area contributed by atoms with Crippen LogP contribution >= 0.6 is 11.6 Å². The fourth-order valence-corrected chi connectivity index (χ4v) is 2.53. The molecule has 24 heavy (non-hydrogen) atoms. The van der Waals surface area contributed by atoms with Crippen molar-refractivity contribution in [2.75, 3.05) is 0 Å². The highest BCUT2D eigenvalue weighted by Gasteiger charge is 2.24. The van der Waals surface area contributed by atoms with Crippen LogP contribution in [0.3, 0.4) is 0 Å². The van der Waals surface area contributed by atoms with Crippen LogP contribution in [0.5, 0.6) is 5.75 Å². The van der Waals surface area contributed by atoms with Gasteiger partial charge in [0.15, 0.2) is 11.6 Å². The molecule has 2 aromatic rings. The van der Waals surface area contributed by atoms with Gasteiger partial charge in [-0.15, -0.1) is 0 Å². The van der Waals surface area contributed by atoms with Gasteiger partial charge in [-0.3, -0.25) is 0 Å². The fraction of sp³-hybridized carbons (Fsp3) is 0. The van der Waals surface area contributed by atoms with Gasteiger partial charge in [-0.1, -0.05) is 17.7 Å². The molecule has 126 valence electrons. The lowest BCUT2D eigenvalue weighted by Crippen LogP contribution is -2.37. The minimum Gasteiger partial charge on any atom is -0.478 e. The van der Waals surface area contributed by atoms with E-state index in [2.05, 4.69) is 9.97 Å². The van der Waals surface area contributed by atoms with Crippen LogP contribution < -0.4 is 14.6 Å². The van der Waals surface area contributed by atoms with Crippen molar-refractivity contribution >= 4 is 33.9 Å². The molecule has 10 nitrogen and oxygen atoms in total. The molecular formula is C12H9ClN4O6S. The quantitative estimate of drug-likeness (QED) is 0.648. The van der Waals surface area contributed by atoms with Crippen molar-refractivity contribution in [3.8, 4) is 17.1 Å². The van der Waals surface area contributed by atoms with Crippen molar-refractivity contribution in [2.45, 2.75) is 0 Å². The molecule has 0 atom stereocenters. The van der Waals surface area contributed by atoms with Crippen LogP contribution in [-0.4, -0.2) is 35.5 Å². The summed E-state index contributed by atoms with van der Waals surface area (Å²) in [7, 11) is -4.62. The Bertz CT molecular complexity index is 918. The van der Waals surface area contributed by atoms with Gasteiger partial charge in [0.1, 0.15) is 5.15 Å². The average Bonchev–Trinajstić information content (AvgIpc) is 2.44. The molecule has 4 N–H and O–H groups in total. The largest absolute Gasteiger partial charge is 0.478 e. The summed E-state index contributed by atoms with van der Waals surface area (Å²) in [6.07, 6.45) is 1.25. The number of carbonyl (C=O) groups is 2. The summed E-state index contributed by atoms with van der Waals surface area (Å²) in [6.45, 7) is 0. The molecule has 0 bridgehead atoms. The second-order valence-electron chi connectivity index (χ2n) is 4.19. The zero-order valence-electron chi connectivity index (χ0n) is 11.6. The maximum atomic E-state index is 11.7. The highest BCUT2D eigenvalue weighted by molar-refractivity contribution is 7.85. The zero-order chi connectivity index (χ0) is 17.9. The molecule has 0 aliphatic carbocycles. The normalized spacial score (nSPS) is 10.9. The minimum absolute atomic E-state index is 0.00394. The second-order valence-corrected chi connectivity index (χ2v) is 5.86. The van der Waals surface area contributed by atoms with Crippen LogP contribution in [0.15, 0.2) is 30.5 Å². The van der Waals surface area contributed by atoms with Gasteiger partial charge in [-0.2, -0.15) is 8.42 Å². The predicted molar refractivity (Wildman–Crippen MR) is 81.7 cm³/mol. The van der Waals surface area contributed by atoms with E-state index in [-0.39, 0.29) is 22.1 Å². The summed E-state index contributed by atoms with van der Waals surface area (Å²) < 4.78 is 29.5. The molecule has 1 heterocycles. The van der Waals surface area contributed by atoms with E-state index in [0.717, 1.165) is 6.07 Å². The van der Waals surface area contributed by atoms with Crippen molar-refractivity contribution in [3.05, 3.63) is 41.2 Å². The number of urea groups is 1. The Morgan fingerprint density at radius 1 is 1.29 bits per heavy atom. The van der Waals surface area contributed by atoms with Crippen LogP contribution in [0.2, 0.25) is 5.15 Å². The van der Waals surface area contributed by atoms with Gasteiger partial charge in [-0.25, -0.2) is 24.3 Å². The third-order valence-electron chi connectivity index (χ3n) is 2.53. The number of nitrogens with two attached hydrogens (primary N) is 1. The second kappa shape index (κ2) is 6.68. The number of carboxylic acid groups (broad SMARTS) is 1. The molecule has 2 rings (SSSR count). The van der Waals surface area contributed by atoms with Gasteiger partial charge in [0.25, 0.3) is 0 Å². The number of benzene rings is 1. The van der Waals surface area contributed by atoms with Crippen molar-refractivity contribution in [3.63, 3.8) is 0 Å². The molecule has 12 heteroatoms. The lowest BCUT2D eigenvalue weighted by molar-refractivity contribution is 0.0697.